The molecule has 2 aliphatic carbocycles. The van der Waals surface area contributed by atoms with Crippen molar-refractivity contribution in [2.24, 2.45) is 5.92 Å². The number of hydrogen-bond acceptors (Lipinski definition) is 3. The van der Waals surface area contributed by atoms with Gasteiger partial charge in [-0.1, -0.05) is 0 Å². The fourth-order valence-corrected chi connectivity index (χ4v) is 2.13. The second-order valence-electron chi connectivity index (χ2n) is 4.51. The second-order valence-corrected chi connectivity index (χ2v) is 4.51. The lowest BCUT2D eigenvalue weighted by Gasteiger charge is -2.19. The van der Waals surface area contributed by atoms with Crippen LogP contribution in [0.3, 0.4) is 0 Å². The van der Waals surface area contributed by atoms with Gasteiger partial charge in [0.1, 0.15) is 0 Å². The summed E-state index contributed by atoms with van der Waals surface area (Å²) >= 11 is 0. The molecule has 0 saturated heterocycles. The topological polar surface area (TPSA) is 53.0 Å². The number of carbonyl (C=O) groups excluding carboxylic acids is 1. The Hall–Kier alpha value is -1.12. The Balaban J connectivity index is 2.22. The summed E-state index contributed by atoms with van der Waals surface area (Å²) in [4.78, 5) is 11.8. The smallest absolute Gasteiger partial charge is 0.166 e. The monoisotopic (exact) mass is 206 g/mol. The molecule has 0 unspecified atom stereocenters. The number of rotatable bonds is 3. The SMILES string of the molecule is CN/C(CC1CC1)=C1\C(=N)CCCC1=O. The molecule has 0 radical (unpaired) electrons. The predicted molar refractivity (Wildman–Crippen MR) is 60.0 cm³/mol. The molecule has 2 saturated carbocycles. The average Bonchev–Trinajstić information content (AvgIpc) is 2.99. The average molecular weight is 206 g/mol. The Kier molecular flexibility index (Phi) is 2.89. The normalized spacial score (nSPS) is 25.4. The third kappa shape index (κ3) is 2.28. The molecule has 2 N–H and O–H groups in total. The summed E-state index contributed by atoms with van der Waals surface area (Å²) in [6, 6.07) is 0. The molecule has 0 aromatic heterocycles. The molecule has 0 aromatic carbocycles. The Morgan fingerprint density at radius 3 is 2.73 bits per heavy atom. The summed E-state index contributed by atoms with van der Waals surface area (Å²) in [7, 11) is 1.86. The van der Waals surface area contributed by atoms with Gasteiger partial charge in [-0.3, -0.25) is 4.79 Å². The Bertz CT molecular complexity index is 309. The van der Waals surface area contributed by atoms with E-state index in [1.54, 1.807) is 0 Å². The summed E-state index contributed by atoms with van der Waals surface area (Å²) in [5, 5.41) is 11.0. The van der Waals surface area contributed by atoms with Crippen molar-refractivity contribution in [3.63, 3.8) is 0 Å². The summed E-state index contributed by atoms with van der Waals surface area (Å²) < 4.78 is 0. The zero-order valence-electron chi connectivity index (χ0n) is 9.23. The molecular formula is C12H18N2O. The maximum atomic E-state index is 11.8. The minimum Gasteiger partial charge on any atom is -0.391 e. The van der Waals surface area contributed by atoms with E-state index in [1.807, 2.05) is 7.05 Å². The third-order valence-electron chi connectivity index (χ3n) is 3.20. The molecule has 0 amide bonds. The van der Waals surface area contributed by atoms with Gasteiger partial charge in [0.2, 0.25) is 0 Å². The van der Waals surface area contributed by atoms with Crippen LogP contribution < -0.4 is 5.32 Å². The quantitative estimate of drug-likeness (QED) is 0.694. The first-order chi connectivity index (χ1) is 7.22. The number of carbonyl (C=O) groups is 1. The zero-order valence-corrected chi connectivity index (χ0v) is 9.23. The minimum absolute atomic E-state index is 0.163. The van der Waals surface area contributed by atoms with Crippen molar-refractivity contribution in [1.29, 1.82) is 5.41 Å². The van der Waals surface area contributed by atoms with Crippen LogP contribution in [0.4, 0.5) is 0 Å². The van der Waals surface area contributed by atoms with Crippen molar-refractivity contribution in [2.75, 3.05) is 7.05 Å². The van der Waals surface area contributed by atoms with E-state index >= 15 is 0 Å². The van der Waals surface area contributed by atoms with Crippen LogP contribution in [-0.2, 0) is 4.79 Å². The molecule has 2 aliphatic rings. The number of ketones is 1. The van der Waals surface area contributed by atoms with E-state index in [1.165, 1.54) is 12.8 Å². The highest BCUT2D eigenvalue weighted by molar-refractivity contribution is 6.23. The molecule has 2 rings (SSSR count). The van der Waals surface area contributed by atoms with Gasteiger partial charge in [-0.15, -0.1) is 0 Å². The van der Waals surface area contributed by atoms with E-state index in [4.69, 9.17) is 5.41 Å². The van der Waals surface area contributed by atoms with E-state index in [-0.39, 0.29) is 5.78 Å². The third-order valence-corrected chi connectivity index (χ3v) is 3.20. The van der Waals surface area contributed by atoms with Crippen LogP contribution >= 0.6 is 0 Å². The summed E-state index contributed by atoms with van der Waals surface area (Å²) in [6.45, 7) is 0. The van der Waals surface area contributed by atoms with Crippen molar-refractivity contribution in [1.82, 2.24) is 5.32 Å². The fourth-order valence-electron chi connectivity index (χ4n) is 2.13. The van der Waals surface area contributed by atoms with Gasteiger partial charge in [0.25, 0.3) is 0 Å². The van der Waals surface area contributed by atoms with Gasteiger partial charge in [-0.25, -0.2) is 0 Å². The first-order valence-corrected chi connectivity index (χ1v) is 5.74. The molecule has 3 nitrogen and oxygen atoms in total. The molecule has 0 atom stereocenters. The maximum absolute atomic E-state index is 11.8. The van der Waals surface area contributed by atoms with Gasteiger partial charge >= 0.3 is 0 Å². The van der Waals surface area contributed by atoms with Crippen LogP contribution in [0.15, 0.2) is 11.3 Å². The summed E-state index contributed by atoms with van der Waals surface area (Å²) in [5.74, 6) is 0.915. The maximum Gasteiger partial charge on any atom is 0.166 e. The molecular weight excluding hydrogens is 188 g/mol. The molecule has 0 spiro atoms. The van der Waals surface area contributed by atoms with Gasteiger partial charge in [-0.05, 0) is 38.0 Å². The Labute approximate surface area is 90.4 Å². The summed E-state index contributed by atoms with van der Waals surface area (Å²) in [5.41, 5.74) is 2.24. The molecule has 2 fully saturated rings. The van der Waals surface area contributed by atoms with Crippen molar-refractivity contribution < 1.29 is 4.79 Å². The molecule has 0 bridgehead atoms. The van der Waals surface area contributed by atoms with Crippen molar-refractivity contribution in [3.8, 4) is 0 Å². The van der Waals surface area contributed by atoms with Gasteiger partial charge in [0.05, 0.1) is 5.57 Å². The molecule has 0 heterocycles. The molecule has 3 heteroatoms. The second kappa shape index (κ2) is 4.17. The van der Waals surface area contributed by atoms with Crippen LogP contribution in [0.25, 0.3) is 0 Å². The van der Waals surface area contributed by atoms with Crippen LogP contribution in [0.5, 0.6) is 0 Å². The van der Waals surface area contributed by atoms with E-state index in [0.717, 1.165) is 30.9 Å². The van der Waals surface area contributed by atoms with Crippen molar-refractivity contribution in [2.45, 2.75) is 38.5 Å². The molecule has 0 aromatic rings. The lowest BCUT2D eigenvalue weighted by Crippen LogP contribution is -2.24. The van der Waals surface area contributed by atoms with Crippen molar-refractivity contribution in [3.05, 3.63) is 11.3 Å². The standard InChI is InChI=1S/C12H18N2O/c1-14-10(7-8-5-6-8)12-9(13)3-2-4-11(12)15/h8,13-14H,2-7H2,1H3/b12-10+,13-9?. The highest BCUT2D eigenvalue weighted by Crippen LogP contribution is 2.36. The van der Waals surface area contributed by atoms with Crippen LogP contribution in [0.2, 0.25) is 0 Å². The number of allylic oxidation sites excluding steroid dienone is 2. The zero-order chi connectivity index (χ0) is 10.8. The van der Waals surface area contributed by atoms with Gasteiger partial charge < -0.3 is 10.7 Å². The minimum atomic E-state index is 0.163. The molecule has 15 heavy (non-hydrogen) atoms. The lowest BCUT2D eigenvalue weighted by atomic mass is 9.89. The number of hydrogen-bond donors (Lipinski definition) is 2. The Morgan fingerprint density at radius 2 is 2.20 bits per heavy atom. The van der Waals surface area contributed by atoms with Gasteiger partial charge in [0, 0.05) is 24.9 Å². The number of Topliss-reactive ketones (excluding diaryl/α,β-unsaturated/α-hetero) is 1. The fraction of sp³-hybridized carbons (Fsp3) is 0.667. The van der Waals surface area contributed by atoms with Gasteiger partial charge in [-0.2, -0.15) is 0 Å². The highest BCUT2D eigenvalue weighted by atomic mass is 16.1. The van der Waals surface area contributed by atoms with Crippen LogP contribution in [0, 0.1) is 11.3 Å². The van der Waals surface area contributed by atoms with E-state index in [0.29, 0.717) is 17.7 Å². The lowest BCUT2D eigenvalue weighted by molar-refractivity contribution is -0.115. The van der Waals surface area contributed by atoms with Crippen LogP contribution in [0.1, 0.15) is 38.5 Å². The van der Waals surface area contributed by atoms with E-state index in [9.17, 15) is 4.79 Å². The van der Waals surface area contributed by atoms with Crippen molar-refractivity contribution >= 4 is 11.5 Å². The first-order valence-electron chi connectivity index (χ1n) is 5.74. The van der Waals surface area contributed by atoms with E-state index in [2.05, 4.69) is 5.32 Å². The van der Waals surface area contributed by atoms with E-state index < -0.39 is 0 Å². The molecule has 82 valence electrons. The van der Waals surface area contributed by atoms with Crippen LogP contribution in [-0.4, -0.2) is 18.5 Å². The highest BCUT2D eigenvalue weighted by Gasteiger charge is 2.28. The largest absolute Gasteiger partial charge is 0.391 e. The molecule has 0 aliphatic heterocycles. The predicted octanol–water partition coefficient (Wildman–Crippen LogP) is 2.03. The Morgan fingerprint density at radius 1 is 1.47 bits per heavy atom. The summed E-state index contributed by atoms with van der Waals surface area (Å²) in [6.07, 6.45) is 5.74. The van der Waals surface area contributed by atoms with Gasteiger partial charge in [0.15, 0.2) is 5.78 Å². The first kappa shape index (κ1) is 10.4. The number of nitrogens with one attached hydrogen (secondary N) is 2.